The fraction of sp³-hybridized carbons (Fsp3) is 0.0833. The Labute approximate surface area is 100 Å². The van der Waals surface area contributed by atoms with Crippen LogP contribution in [0.5, 0.6) is 0 Å². The number of aromatic nitrogens is 1. The third kappa shape index (κ3) is 2.53. The van der Waals surface area contributed by atoms with Crippen LogP contribution in [0.4, 0.5) is 18.9 Å². The first-order valence-electron chi connectivity index (χ1n) is 5.04. The van der Waals surface area contributed by atoms with Crippen molar-refractivity contribution in [3.05, 3.63) is 52.3 Å². The standard InChI is InChI=1S/C12H9F3N2O/c13-12(14,15)8-3-1-7(2-4-8)10-5-9(16)6-11(18)17-10/h1-6H,(H3,16,17,18). The molecule has 3 nitrogen and oxygen atoms in total. The first-order valence-corrected chi connectivity index (χ1v) is 5.04. The lowest BCUT2D eigenvalue weighted by Gasteiger charge is -2.08. The second kappa shape index (κ2) is 4.21. The van der Waals surface area contributed by atoms with Gasteiger partial charge in [-0.25, -0.2) is 0 Å². The van der Waals surface area contributed by atoms with Crippen LogP contribution in [0, 0.1) is 0 Å². The van der Waals surface area contributed by atoms with Crippen LogP contribution >= 0.6 is 0 Å². The highest BCUT2D eigenvalue weighted by Gasteiger charge is 2.29. The molecule has 0 aliphatic heterocycles. The van der Waals surface area contributed by atoms with Crippen molar-refractivity contribution in [3.63, 3.8) is 0 Å². The molecule has 0 spiro atoms. The summed E-state index contributed by atoms with van der Waals surface area (Å²) in [5.74, 6) is 0. The number of alkyl halides is 3. The van der Waals surface area contributed by atoms with Gasteiger partial charge < -0.3 is 10.7 Å². The monoisotopic (exact) mass is 254 g/mol. The zero-order valence-corrected chi connectivity index (χ0v) is 9.08. The summed E-state index contributed by atoms with van der Waals surface area (Å²) in [6.07, 6.45) is -4.37. The molecule has 0 amide bonds. The summed E-state index contributed by atoms with van der Waals surface area (Å²) in [6.45, 7) is 0. The van der Waals surface area contributed by atoms with E-state index < -0.39 is 17.3 Å². The highest BCUT2D eigenvalue weighted by atomic mass is 19.4. The van der Waals surface area contributed by atoms with Crippen LogP contribution < -0.4 is 11.3 Å². The van der Waals surface area contributed by atoms with Gasteiger partial charge in [-0.05, 0) is 23.8 Å². The maximum atomic E-state index is 12.4. The number of benzene rings is 1. The third-order valence-electron chi connectivity index (χ3n) is 2.39. The van der Waals surface area contributed by atoms with E-state index in [2.05, 4.69) is 4.98 Å². The van der Waals surface area contributed by atoms with Crippen LogP contribution in [-0.4, -0.2) is 4.98 Å². The van der Waals surface area contributed by atoms with Gasteiger partial charge >= 0.3 is 6.18 Å². The van der Waals surface area contributed by atoms with E-state index in [1.165, 1.54) is 24.3 Å². The summed E-state index contributed by atoms with van der Waals surface area (Å²) >= 11 is 0. The summed E-state index contributed by atoms with van der Waals surface area (Å²) in [5, 5.41) is 0. The van der Waals surface area contributed by atoms with Crippen molar-refractivity contribution < 1.29 is 13.2 Å². The molecular weight excluding hydrogens is 245 g/mol. The first kappa shape index (κ1) is 12.2. The van der Waals surface area contributed by atoms with E-state index in [4.69, 9.17) is 5.73 Å². The van der Waals surface area contributed by atoms with E-state index in [0.29, 0.717) is 11.3 Å². The Morgan fingerprint density at radius 1 is 1.06 bits per heavy atom. The lowest BCUT2D eigenvalue weighted by atomic mass is 10.1. The summed E-state index contributed by atoms with van der Waals surface area (Å²) in [7, 11) is 0. The number of hydrogen-bond donors (Lipinski definition) is 2. The molecule has 2 rings (SSSR count). The molecule has 0 unspecified atom stereocenters. The summed E-state index contributed by atoms with van der Waals surface area (Å²) in [5.41, 5.74) is 5.47. The molecule has 0 bridgehead atoms. The predicted octanol–water partition coefficient (Wildman–Crippen LogP) is 2.64. The molecule has 0 radical (unpaired) electrons. The number of hydrogen-bond acceptors (Lipinski definition) is 2. The quantitative estimate of drug-likeness (QED) is 0.821. The fourth-order valence-corrected chi connectivity index (χ4v) is 1.56. The topological polar surface area (TPSA) is 58.9 Å². The van der Waals surface area contributed by atoms with Gasteiger partial charge in [0.2, 0.25) is 5.56 Å². The van der Waals surface area contributed by atoms with Crippen molar-refractivity contribution in [2.45, 2.75) is 6.18 Å². The van der Waals surface area contributed by atoms with E-state index in [1.54, 1.807) is 0 Å². The van der Waals surface area contributed by atoms with Gasteiger partial charge in [-0.2, -0.15) is 13.2 Å². The minimum absolute atomic E-state index is 0.258. The number of aromatic amines is 1. The van der Waals surface area contributed by atoms with Gasteiger partial charge in [-0.3, -0.25) is 4.79 Å². The van der Waals surface area contributed by atoms with Crippen LogP contribution in [0.3, 0.4) is 0 Å². The van der Waals surface area contributed by atoms with E-state index in [9.17, 15) is 18.0 Å². The van der Waals surface area contributed by atoms with Crippen molar-refractivity contribution in [1.82, 2.24) is 4.98 Å². The molecule has 0 aliphatic carbocycles. The minimum Gasteiger partial charge on any atom is -0.399 e. The van der Waals surface area contributed by atoms with Crippen LogP contribution in [0.1, 0.15) is 5.56 Å². The van der Waals surface area contributed by atoms with E-state index >= 15 is 0 Å². The van der Waals surface area contributed by atoms with Gasteiger partial charge in [-0.1, -0.05) is 12.1 Å². The molecule has 0 saturated carbocycles. The van der Waals surface area contributed by atoms with E-state index in [-0.39, 0.29) is 5.69 Å². The maximum Gasteiger partial charge on any atom is 0.416 e. The molecule has 0 atom stereocenters. The van der Waals surface area contributed by atoms with Crippen molar-refractivity contribution >= 4 is 5.69 Å². The zero-order valence-electron chi connectivity index (χ0n) is 9.08. The Kier molecular flexibility index (Phi) is 2.86. The molecule has 6 heteroatoms. The first-order chi connectivity index (χ1) is 8.36. The maximum absolute atomic E-state index is 12.4. The number of nitrogens with one attached hydrogen (secondary N) is 1. The number of rotatable bonds is 1. The number of halogens is 3. The Bertz CT molecular complexity index is 614. The second-order valence-electron chi connectivity index (χ2n) is 3.77. The SMILES string of the molecule is Nc1cc(-c2ccc(C(F)(F)F)cc2)[nH]c(=O)c1. The molecule has 1 aromatic carbocycles. The molecule has 1 aromatic heterocycles. The largest absolute Gasteiger partial charge is 0.416 e. The minimum atomic E-state index is -4.37. The van der Waals surface area contributed by atoms with Gasteiger partial charge in [0.25, 0.3) is 0 Å². The Morgan fingerprint density at radius 3 is 2.17 bits per heavy atom. The molecular formula is C12H9F3N2O. The fourth-order valence-electron chi connectivity index (χ4n) is 1.56. The zero-order chi connectivity index (χ0) is 13.3. The van der Waals surface area contributed by atoms with Gasteiger partial charge in [-0.15, -0.1) is 0 Å². The molecule has 3 N–H and O–H groups in total. The van der Waals surface area contributed by atoms with Crippen LogP contribution in [0.2, 0.25) is 0 Å². The molecule has 0 fully saturated rings. The normalized spacial score (nSPS) is 11.5. The smallest absolute Gasteiger partial charge is 0.399 e. The highest BCUT2D eigenvalue weighted by Crippen LogP contribution is 2.30. The molecule has 94 valence electrons. The lowest BCUT2D eigenvalue weighted by Crippen LogP contribution is -2.07. The summed E-state index contributed by atoms with van der Waals surface area (Å²) in [6, 6.07) is 7.17. The van der Waals surface area contributed by atoms with E-state index in [0.717, 1.165) is 12.1 Å². The average Bonchev–Trinajstić information content (AvgIpc) is 2.27. The molecule has 0 aliphatic rings. The van der Waals surface area contributed by atoms with Crippen LogP contribution in [0.25, 0.3) is 11.3 Å². The molecule has 18 heavy (non-hydrogen) atoms. The molecule has 2 aromatic rings. The highest BCUT2D eigenvalue weighted by molar-refractivity contribution is 5.63. The number of pyridine rings is 1. The summed E-state index contributed by atoms with van der Waals surface area (Å²) in [4.78, 5) is 13.7. The van der Waals surface area contributed by atoms with Gasteiger partial charge in [0, 0.05) is 11.8 Å². The van der Waals surface area contributed by atoms with Crippen molar-refractivity contribution in [3.8, 4) is 11.3 Å². The Hall–Kier alpha value is -2.24. The second-order valence-corrected chi connectivity index (χ2v) is 3.77. The van der Waals surface area contributed by atoms with Crippen molar-refractivity contribution in [1.29, 1.82) is 0 Å². The average molecular weight is 254 g/mol. The molecule has 0 saturated heterocycles. The van der Waals surface area contributed by atoms with E-state index in [1.807, 2.05) is 0 Å². The Balaban J connectivity index is 2.43. The third-order valence-corrected chi connectivity index (χ3v) is 2.39. The number of nitrogen functional groups attached to an aromatic ring is 1. The number of H-pyrrole nitrogens is 1. The van der Waals surface area contributed by atoms with Crippen LogP contribution in [-0.2, 0) is 6.18 Å². The van der Waals surface area contributed by atoms with Gasteiger partial charge in [0.1, 0.15) is 0 Å². The number of anilines is 1. The number of nitrogens with two attached hydrogens (primary N) is 1. The van der Waals surface area contributed by atoms with Gasteiger partial charge in [0.15, 0.2) is 0 Å². The Morgan fingerprint density at radius 2 is 1.67 bits per heavy atom. The van der Waals surface area contributed by atoms with Crippen molar-refractivity contribution in [2.75, 3.05) is 5.73 Å². The lowest BCUT2D eigenvalue weighted by molar-refractivity contribution is -0.137. The molecule has 1 heterocycles. The summed E-state index contributed by atoms with van der Waals surface area (Å²) < 4.78 is 37.1. The van der Waals surface area contributed by atoms with Crippen LogP contribution in [0.15, 0.2) is 41.2 Å². The van der Waals surface area contributed by atoms with Crippen molar-refractivity contribution in [2.24, 2.45) is 0 Å². The predicted molar refractivity (Wildman–Crippen MR) is 61.9 cm³/mol. The van der Waals surface area contributed by atoms with Gasteiger partial charge in [0.05, 0.1) is 11.3 Å².